The highest BCUT2D eigenvalue weighted by molar-refractivity contribution is 5.90. The molecule has 0 radical (unpaired) electrons. The van der Waals surface area contributed by atoms with Crippen LogP contribution in [-0.2, 0) is 11.2 Å². The monoisotopic (exact) mass is 274 g/mol. The van der Waals surface area contributed by atoms with Gasteiger partial charge in [-0.05, 0) is 24.5 Å². The second-order valence-corrected chi connectivity index (χ2v) is 5.55. The van der Waals surface area contributed by atoms with Crippen molar-refractivity contribution in [1.82, 2.24) is 10.3 Å². The van der Waals surface area contributed by atoms with E-state index in [0.29, 0.717) is 6.42 Å². The quantitative estimate of drug-likeness (QED) is 0.782. The number of rotatable bonds is 5. The van der Waals surface area contributed by atoms with E-state index in [1.165, 1.54) is 0 Å². The van der Waals surface area contributed by atoms with Crippen LogP contribution in [0.25, 0.3) is 10.9 Å². The number of benzene rings is 1. The van der Waals surface area contributed by atoms with Crippen molar-refractivity contribution in [3.8, 4) is 0 Å². The maximum Gasteiger partial charge on any atom is 0.224 e. The minimum Gasteiger partial charge on any atom is -0.394 e. The van der Waals surface area contributed by atoms with Gasteiger partial charge in [0.15, 0.2) is 0 Å². The molecule has 1 amide bonds. The third-order valence-electron chi connectivity index (χ3n) is 3.71. The number of amides is 1. The summed E-state index contributed by atoms with van der Waals surface area (Å²) in [5.41, 5.74) is 3.10. The number of carbonyl (C=O) groups is 1. The number of aliphatic hydroxyl groups excluding tert-OH is 1. The van der Waals surface area contributed by atoms with Crippen LogP contribution in [0.4, 0.5) is 0 Å². The first kappa shape index (κ1) is 14.6. The number of fused-ring (bicyclic) bond motifs is 1. The van der Waals surface area contributed by atoms with Crippen molar-refractivity contribution in [2.75, 3.05) is 6.61 Å². The molecule has 1 aromatic carbocycles. The summed E-state index contributed by atoms with van der Waals surface area (Å²) in [6.07, 6.45) is 0.332. The number of aromatic nitrogens is 1. The lowest BCUT2D eigenvalue weighted by Crippen LogP contribution is -2.41. The normalized spacial score (nSPS) is 12.8. The molecule has 1 heterocycles. The summed E-state index contributed by atoms with van der Waals surface area (Å²) in [4.78, 5) is 15.4. The summed E-state index contributed by atoms with van der Waals surface area (Å²) in [6.45, 7) is 5.92. The Morgan fingerprint density at radius 1 is 1.35 bits per heavy atom. The van der Waals surface area contributed by atoms with E-state index in [1.54, 1.807) is 0 Å². The van der Waals surface area contributed by atoms with Crippen LogP contribution in [0.15, 0.2) is 24.3 Å². The second kappa shape index (κ2) is 6.09. The Kier molecular flexibility index (Phi) is 4.45. The van der Waals surface area contributed by atoms with Crippen LogP contribution in [0.1, 0.15) is 25.1 Å². The first-order valence-electron chi connectivity index (χ1n) is 6.99. The average molecular weight is 274 g/mol. The summed E-state index contributed by atoms with van der Waals surface area (Å²) >= 11 is 0. The van der Waals surface area contributed by atoms with Crippen molar-refractivity contribution in [3.63, 3.8) is 0 Å². The first-order valence-corrected chi connectivity index (χ1v) is 6.99. The molecular formula is C16H22N2O2. The lowest BCUT2D eigenvalue weighted by molar-refractivity contribution is -0.121. The molecule has 4 heteroatoms. The van der Waals surface area contributed by atoms with Crippen LogP contribution in [0.5, 0.6) is 0 Å². The summed E-state index contributed by atoms with van der Waals surface area (Å²) in [6, 6.07) is 7.79. The molecule has 0 saturated heterocycles. The van der Waals surface area contributed by atoms with Crippen molar-refractivity contribution in [2.24, 2.45) is 5.92 Å². The molecule has 0 bridgehead atoms. The topological polar surface area (TPSA) is 65.1 Å². The molecule has 2 aromatic rings. The van der Waals surface area contributed by atoms with E-state index in [1.807, 2.05) is 45.0 Å². The Morgan fingerprint density at radius 3 is 2.70 bits per heavy atom. The Labute approximate surface area is 119 Å². The van der Waals surface area contributed by atoms with Crippen LogP contribution in [0, 0.1) is 12.8 Å². The SMILES string of the molecule is Cc1[nH]c2ccccc2c1CC(=O)N[C@H](CO)C(C)C. The second-order valence-electron chi connectivity index (χ2n) is 5.55. The number of H-pyrrole nitrogens is 1. The molecule has 0 spiro atoms. The minimum absolute atomic E-state index is 0.0315. The van der Waals surface area contributed by atoms with Crippen LogP contribution in [0.2, 0.25) is 0 Å². The van der Waals surface area contributed by atoms with Crippen LogP contribution in [-0.4, -0.2) is 28.6 Å². The first-order chi connectivity index (χ1) is 9.52. The van der Waals surface area contributed by atoms with Crippen molar-refractivity contribution in [1.29, 1.82) is 0 Å². The highest BCUT2D eigenvalue weighted by Gasteiger charge is 2.17. The van der Waals surface area contributed by atoms with Gasteiger partial charge < -0.3 is 15.4 Å². The number of aryl methyl sites for hydroxylation is 1. The van der Waals surface area contributed by atoms with Gasteiger partial charge in [0.1, 0.15) is 0 Å². The van der Waals surface area contributed by atoms with Crippen LogP contribution in [0.3, 0.4) is 0 Å². The summed E-state index contributed by atoms with van der Waals surface area (Å²) < 4.78 is 0. The maximum atomic E-state index is 12.1. The number of nitrogens with one attached hydrogen (secondary N) is 2. The maximum absolute atomic E-state index is 12.1. The Balaban J connectivity index is 2.16. The van der Waals surface area contributed by atoms with Crippen molar-refractivity contribution < 1.29 is 9.90 Å². The molecule has 108 valence electrons. The lowest BCUT2D eigenvalue weighted by Gasteiger charge is -2.19. The summed E-state index contributed by atoms with van der Waals surface area (Å²) in [7, 11) is 0. The minimum atomic E-state index is -0.187. The van der Waals surface area contributed by atoms with E-state index in [2.05, 4.69) is 10.3 Å². The third-order valence-corrected chi connectivity index (χ3v) is 3.71. The van der Waals surface area contributed by atoms with Gasteiger partial charge in [0.25, 0.3) is 0 Å². The number of carbonyl (C=O) groups excluding carboxylic acids is 1. The van der Waals surface area contributed by atoms with Gasteiger partial charge in [0.05, 0.1) is 19.1 Å². The molecule has 0 aliphatic carbocycles. The van der Waals surface area contributed by atoms with Gasteiger partial charge >= 0.3 is 0 Å². The van der Waals surface area contributed by atoms with Gasteiger partial charge in [-0.15, -0.1) is 0 Å². The van der Waals surface area contributed by atoms with Crippen molar-refractivity contribution >= 4 is 16.8 Å². The van der Waals surface area contributed by atoms with E-state index >= 15 is 0 Å². The third kappa shape index (κ3) is 3.02. The number of aromatic amines is 1. The molecule has 0 aliphatic heterocycles. The predicted octanol–water partition coefficient (Wildman–Crippen LogP) is 2.15. The predicted molar refractivity (Wildman–Crippen MR) is 80.6 cm³/mol. The smallest absolute Gasteiger partial charge is 0.224 e. The molecule has 1 atom stereocenters. The molecule has 20 heavy (non-hydrogen) atoms. The molecule has 4 nitrogen and oxygen atoms in total. The van der Waals surface area contributed by atoms with E-state index < -0.39 is 0 Å². The Hall–Kier alpha value is -1.81. The molecule has 0 saturated carbocycles. The van der Waals surface area contributed by atoms with E-state index in [4.69, 9.17) is 0 Å². The molecule has 2 rings (SSSR count). The van der Waals surface area contributed by atoms with Gasteiger partial charge in [-0.1, -0.05) is 32.0 Å². The summed E-state index contributed by atoms with van der Waals surface area (Å²) in [5, 5.41) is 13.3. The van der Waals surface area contributed by atoms with Crippen molar-refractivity contribution in [2.45, 2.75) is 33.2 Å². The van der Waals surface area contributed by atoms with Gasteiger partial charge in [0.2, 0.25) is 5.91 Å². The standard InChI is InChI=1S/C16H22N2O2/c1-10(2)15(9-19)18-16(20)8-13-11(3)17-14-7-5-4-6-12(13)14/h4-7,10,15,17,19H,8-9H2,1-3H3,(H,18,20)/t15-/m1/s1. The number of hydrogen-bond acceptors (Lipinski definition) is 2. The number of aliphatic hydroxyl groups is 1. The molecule has 0 fully saturated rings. The fraction of sp³-hybridized carbons (Fsp3) is 0.438. The highest BCUT2D eigenvalue weighted by atomic mass is 16.3. The zero-order chi connectivity index (χ0) is 14.7. The average Bonchev–Trinajstić information content (AvgIpc) is 2.72. The Bertz CT molecular complexity index is 602. The van der Waals surface area contributed by atoms with E-state index in [0.717, 1.165) is 22.2 Å². The van der Waals surface area contributed by atoms with Crippen molar-refractivity contribution in [3.05, 3.63) is 35.5 Å². The lowest BCUT2D eigenvalue weighted by atomic mass is 10.0. The van der Waals surface area contributed by atoms with Crippen LogP contribution >= 0.6 is 0 Å². The number of hydrogen-bond donors (Lipinski definition) is 3. The van der Waals surface area contributed by atoms with Gasteiger partial charge in [-0.3, -0.25) is 4.79 Å². The summed E-state index contributed by atoms with van der Waals surface area (Å²) in [5.74, 6) is 0.165. The fourth-order valence-electron chi connectivity index (χ4n) is 2.40. The largest absolute Gasteiger partial charge is 0.394 e. The van der Waals surface area contributed by atoms with Gasteiger partial charge in [0, 0.05) is 16.6 Å². The molecule has 1 aromatic heterocycles. The molecule has 0 aliphatic rings. The molecular weight excluding hydrogens is 252 g/mol. The van der Waals surface area contributed by atoms with Gasteiger partial charge in [-0.2, -0.15) is 0 Å². The zero-order valence-corrected chi connectivity index (χ0v) is 12.2. The Morgan fingerprint density at radius 2 is 2.05 bits per heavy atom. The zero-order valence-electron chi connectivity index (χ0n) is 12.2. The van der Waals surface area contributed by atoms with E-state index in [-0.39, 0.29) is 24.5 Å². The van der Waals surface area contributed by atoms with E-state index in [9.17, 15) is 9.90 Å². The molecule has 0 unspecified atom stereocenters. The number of para-hydroxylation sites is 1. The highest BCUT2D eigenvalue weighted by Crippen LogP contribution is 2.22. The molecule has 3 N–H and O–H groups in total. The van der Waals surface area contributed by atoms with Gasteiger partial charge in [-0.25, -0.2) is 0 Å². The fourth-order valence-corrected chi connectivity index (χ4v) is 2.40. The van der Waals surface area contributed by atoms with Crippen LogP contribution < -0.4 is 5.32 Å².